The van der Waals surface area contributed by atoms with Crippen molar-refractivity contribution >= 4 is 10.1 Å². The van der Waals surface area contributed by atoms with E-state index in [-0.39, 0.29) is 11.5 Å². The first kappa shape index (κ1) is 34.9. The van der Waals surface area contributed by atoms with E-state index < -0.39 is 10.1 Å². The van der Waals surface area contributed by atoms with Crippen molar-refractivity contribution in [1.82, 2.24) is 0 Å². The van der Waals surface area contributed by atoms with Crippen molar-refractivity contribution in [2.24, 2.45) is 0 Å². The highest BCUT2D eigenvalue weighted by Gasteiger charge is 2.14. The van der Waals surface area contributed by atoms with Crippen LogP contribution in [0, 0.1) is 0 Å². The second-order valence-electron chi connectivity index (χ2n) is 11.1. The number of benzene rings is 1. The molecule has 0 spiro atoms. The lowest BCUT2D eigenvalue weighted by molar-refractivity contribution is 0.306. The molecule has 220 valence electrons. The summed E-state index contributed by atoms with van der Waals surface area (Å²) in [4.78, 5) is 0.279. The van der Waals surface area contributed by atoms with Crippen LogP contribution in [0.3, 0.4) is 0 Å². The van der Waals surface area contributed by atoms with Crippen LogP contribution < -0.4 is 0 Å². The molecule has 0 N–H and O–H groups in total. The summed E-state index contributed by atoms with van der Waals surface area (Å²) in [6.45, 7) is 4.80. The minimum Gasteiger partial charge on any atom is -0.266 e. The predicted molar refractivity (Wildman–Crippen MR) is 165 cm³/mol. The van der Waals surface area contributed by atoms with Gasteiger partial charge in [-0.25, -0.2) is 0 Å². The van der Waals surface area contributed by atoms with Crippen LogP contribution in [0.2, 0.25) is 0 Å². The summed E-state index contributed by atoms with van der Waals surface area (Å²) in [5.41, 5.74) is 1.21. The minimum absolute atomic E-state index is 0.279. The summed E-state index contributed by atoms with van der Waals surface area (Å²) >= 11 is 0. The molecule has 0 aromatic heterocycles. The van der Waals surface area contributed by atoms with Crippen molar-refractivity contribution < 1.29 is 12.6 Å². The van der Waals surface area contributed by atoms with E-state index in [2.05, 4.69) is 26.0 Å². The largest absolute Gasteiger partial charge is 0.296 e. The van der Waals surface area contributed by atoms with E-state index in [4.69, 9.17) is 4.18 Å². The molecule has 1 rings (SSSR count). The van der Waals surface area contributed by atoms with Crippen LogP contribution in [0.15, 0.2) is 41.3 Å². The van der Waals surface area contributed by atoms with Crippen LogP contribution >= 0.6 is 0 Å². The van der Waals surface area contributed by atoms with Crippen molar-refractivity contribution in [1.29, 1.82) is 0 Å². The van der Waals surface area contributed by atoms with E-state index >= 15 is 0 Å². The number of hydrogen-bond acceptors (Lipinski definition) is 3. The molecule has 0 bridgehead atoms. The molecular weight excluding hydrogens is 488 g/mol. The molecule has 0 aliphatic rings. The number of rotatable bonds is 27. The van der Waals surface area contributed by atoms with Gasteiger partial charge < -0.3 is 0 Å². The molecule has 1 aromatic rings. The van der Waals surface area contributed by atoms with Gasteiger partial charge in [0.25, 0.3) is 10.1 Å². The third-order valence-electron chi connectivity index (χ3n) is 7.43. The van der Waals surface area contributed by atoms with Crippen molar-refractivity contribution in [2.75, 3.05) is 6.61 Å². The molecule has 0 radical (unpaired) electrons. The van der Waals surface area contributed by atoms with E-state index in [0.29, 0.717) is 0 Å². The third-order valence-corrected chi connectivity index (χ3v) is 8.75. The van der Waals surface area contributed by atoms with Crippen molar-refractivity contribution in [3.05, 3.63) is 42.0 Å². The maximum absolute atomic E-state index is 12.5. The molecule has 0 amide bonds. The zero-order chi connectivity index (χ0) is 27.6. The fraction of sp³-hybridized carbons (Fsp3) is 0.765. The Labute approximate surface area is 237 Å². The van der Waals surface area contributed by atoms with Gasteiger partial charge in [0.1, 0.15) is 0 Å². The second kappa shape index (κ2) is 24.9. The lowest BCUT2D eigenvalue weighted by Gasteiger charge is -2.07. The average molecular weight is 549 g/mol. The van der Waals surface area contributed by atoms with Crippen molar-refractivity contribution in [2.45, 2.75) is 166 Å². The first-order valence-electron chi connectivity index (χ1n) is 16.2. The Morgan fingerprint density at radius 2 is 0.974 bits per heavy atom. The summed E-state index contributed by atoms with van der Waals surface area (Å²) in [5, 5.41) is 0. The summed E-state index contributed by atoms with van der Waals surface area (Å²) in [6.07, 6.45) is 33.5. The van der Waals surface area contributed by atoms with E-state index in [1.54, 1.807) is 12.1 Å². The molecule has 0 unspecified atom stereocenters. The lowest BCUT2D eigenvalue weighted by Crippen LogP contribution is -2.07. The van der Waals surface area contributed by atoms with Crippen molar-refractivity contribution in [3.63, 3.8) is 0 Å². The smallest absolute Gasteiger partial charge is 0.266 e. The Morgan fingerprint density at radius 1 is 0.553 bits per heavy atom. The lowest BCUT2D eigenvalue weighted by atomic mass is 10.0. The molecular formula is C34H60O3S. The van der Waals surface area contributed by atoms with Crippen LogP contribution in [0.5, 0.6) is 0 Å². The van der Waals surface area contributed by atoms with Gasteiger partial charge in [0, 0.05) is 0 Å². The van der Waals surface area contributed by atoms with Gasteiger partial charge in [-0.15, -0.1) is 0 Å². The zero-order valence-electron chi connectivity index (χ0n) is 25.1. The Morgan fingerprint density at radius 3 is 1.47 bits per heavy atom. The topological polar surface area (TPSA) is 43.4 Å². The summed E-state index contributed by atoms with van der Waals surface area (Å²) in [7, 11) is -3.65. The van der Waals surface area contributed by atoms with Gasteiger partial charge in [-0.05, 0) is 62.6 Å². The number of hydrogen-bond donors (Lipinski definition) is 0. The zero-order valence-corrected chi connectivity index (χ0v) is 25.9. The predicted octanol–water partition coefficient (Wildman–Crippen LogP) is 11.1. The highest BCUT2D eigenvalue weighted by Crippen LogP contribution is 2.17. The number of aryl methyl sites for hydroxylation is 1. The first-order valence-corrected chi connectivity index (χ1v) is 17.6. The van der Waals surface area contributed by atoms with Crippen LogP contribution in [0.4, 0.5) is 0 Å². The van der Waals surface area contributed by atoms with Gasteiger partial charge in [-0.2, -0.15) is 8.42 Å². The molecule has 38 heavy (non-hydrogen) atoms. The molecule has 0 saturated heterocycles. The van der Waals surface area contributed by atoms with Gasteiger partial charge in [-0.1, -0.05) is 141 Å². The Hall–Kier alpha value is -1.13. The molecule has 0 atom stereocenters. The van der Waals surface area contributed by atoms with Gasteiger partial charge in [0.15, 0.2) is 0 Å². The maximum atomic E-state index is 12.5. The molecule has 0 aliphatic heterocycles. The Bertz CT molecular complexity index is 767. The quantitative estimate of drug-likeness (QED) is 0.0623. The van der Waals surface area contributed by atoms with Gasteiger partial charge >= 0.3 is 0 Å². The van der Waals surface area contributed by atoms with E-state index in [1.807, 2.05) is 12.1 Å². The standard InChI is InChI=1S/C34H60O3S/c1-3-5-7-9-11-13-14-15-16-17-18-19-20-22-24-26-32-37-38(35,36)34-30-28-33(29-31-34)27-25-23-21-12-10-8-6-4-2/h15-16,28-31H,3-14,17-27,32H2,1-2H3. The molecule has 1 aromatic carbocycles. The van der Waals surface area contributed by atoms with Crippen molar-refractivity contribution in [3.8, 4) is 0 Å². The van der Waals surface area contributed by atoms with E-state index in [0.717, 1.165) is 25.7 Å². The fourth-order valence-electron chi connectivity index (χ4n) is 4.87. The highest BCUT2D eigenvalue weighted by molar-refractivity contribution is 7.86. The van der Waals surface area contributed by atoms with E-state index in [1.165, 1.54) is 128 Å². The monoisotopic (exact) mass is 548 g/mol. The van der Waals surface area contributed by atoms with Crippen LogP contribution in [0.1, 0.15) is 161 Å². The van der Waals surface area contributed by atoms with E-state index in [9.17, 15) is 8.42 Å². The van der Waals surface area contributed by atoms with Gasteiger partial charge in [-0.3, -0.25) is 4.18 Å². The summed E-state index contributed by atoms with van der Waals surface area (Å²) < 4.78 is 30.3. The van der Waals surface area contributed by atoms with Crippen LogP contribution in [-0.2, 0) is 20.7 Å². The number of unbranched alkanes of at least 4 members (excludes halogenated alkanes) is 19. The normalized spacial score (nSPS) is 12.1. The van der Waals surface area contributed by atoms with Crippen LogP contribution in [0.25, 0.3) is 0 Å². The minimum atomic E-state index is -3.65. The molecule has 0 saturated carbocycles. The molecule has 0 aliphatic carbocycles. The molecule has 3 nitrogen and oxygen atoms in total. The Kier molecular flexibility index (Phi) is 22.8. The van der Waals surface area contributed by atoms with Gasteiger partial charge in [0.2, 0.25) is 0 Å². The number of allylic oxidation sites excluding steroid dienone is 2. The van der Waals surface area contributed by atoms with Crippen LogP contribution in [-0.4, -0.2) is 15.0 Å². The summed E-state index contributed by atoms with van der Waals surface area (Å²) in [6, 6.07) is 7.30. The molecule has 0 heterocycles. The summed E-state index contributed by atoms with van der Waals surface area (Å²) in [5.74, 6) is 0. The molecule has 4 heteroatoms. The van der Waals surface area contributed by atoms with Gasteiger partial charge in [0.05, 0.1) is 11.5 Å². The first-order chi connectivity index (χ1) is 18.6. The highest BCUT2D eigenvalue weighted by atomic mass is 32.2. The SMILES string of the molecule is CCCCCCCCC=CCCCCCCCCOS(=O)(=O)c1ccc(CCCCCCCCCC)cc1. The molecule has 0 fully saturated rings. The maximum Gasteiger partial charge on any atom is 0.296 e. The Balaban J connectivity index is 2.01. The fourth-order valence-corrected chi connectivity index (χ4v) is 5.81. The third kappa shape index (κ3) is 19.9. The second-order valence-corrected chi connectivity index (χ2v) is 12.7. The average Bonchev–Trinajstić information content (AvgIpc) is 2.92.